The predicted molar refractivity (Wildman–Crippen MR) is 165 cm³/mol. The average Bonchev–Trinajstić information content (AvgIpc) is 3.03. The summed E-state index contributed by atoms with van der Waals surface area (Å²) in [4.78, 5) is 11.5. The van der Waals surface area contributed by atoms with Crippen molar-refractivity contribution >= 4 is 5.97 Å². The van der Waals surface area contributed by atoms with Gasteiger partial charge in [-0.2, -0.15) is 0 Å². The molecule has 0 atom stereocenters. The molecule has 2 fully saturated rings. The fraction of sp³-hybridized carbons (Fsp3) is 0.583. The van der Waals surface area contributed by atoms with Crippen molar-refractivity contribution in [3.8, 4) is 22.6 Å². The van der Waals surface area contributed by atoms with E-state index in [9.17, 15) is 4.79 Å². The molecule has 0 unspecified atom stereocenters. The summed E-state index contributed by atoms with van der Waals surface area (Å²) in [6.45, 7) is 6.12. The van der Waals surface area contributed by atoms with Crippen LogP contribution >= 0.6 is 0 Å². The number of unbranched alkanes of at least 4 members (excludes halogenated alkanes) is 2. The van der Waals surface area contributed by atoms with Gasteiger partial charge in [0.2, 0.25) is 0 Å². The number of aliphatic hydroxyl groups is 1. The number of benzene rings is 2. The fourth-order valence-corrected chi connectivity index (χ4v) is 6.68. The summed E-state index contributed by atoms with van der Waals surface area (Å²) in [6, 6.07) is 12.2. The Morgan fingerprint density at radius 1 is 0.857 bits per heavy atom. The van der Waals surface area contributed by atoms with Gasteiger partial charge in [-0.1, -0.05) is 64.2 Å². The Balaban J connectivity index is 1.16. The molecule has 4 rings (SSSR count). The maximum Gasteiger partial charge on any atom is 0.335 e. The van der Waals surface area contributed by atoms with Gasteiger partial charge in [0.1, 0.15) is 30.5 Å². The Labute approximate surface area is 251 Å². The zero-order valence-electron chi connectivity index (χ0n) is 25.3. The highest BCUT2D eigenvalue weighted by Gasteiger charge is 2.31. The minimum atomic E-state index is -0.646. The third kappa shape index (κ3) is 9.58. The fourth-order valence-electron chi connectivity index (χ4n) is 6.68. The molecule has 230 valence electrons. The lowest BCUT2D eigenvalue weighted by Crippen LogP contribution is -2.27. The summed E-state index contributed by atoms with van der Waals surface area (Å²) in [5.74, 6) is 3.56. The molecule has 2 aliphatic rings. The molecule has 2 aromatic rings. The van der Waals surface area contributed by atoms with Crippen LogP contribution in [-0.2, 0) is 9.53 Å². The lowest BCUT2D eigenvalue weighted by atomic mass is 9.69. The minimum Gasteiger partial charge on any atom is -0.493 e. The molecule has 0 aliphatic heterocycles. The molecule has 0 amide bonds. The van der Waals surface area contributed by atoms with Gasteiger partial charge in [0.15, 0.2) is 0 Å². The Morgan fingerprint density at radius 2 is 1.50 bits per heavy atom. The number of rotatable bonds is 15. The maximum absolute atomic E-state index is 15.0. The van der Waals surface area contributed by atoms with E-state index in [-0.39, 0.29) is 24.6 Å². The number of halogens is 1. The number of esters is 1. The topological polar surface area (TPSA) is 65.0 Å². The Kier molecular flexibility index (Phi) is 12.7. The molecular formula is C36H49FO5. The summed E-state index contributed by atoms with van der Waals surface area (Å²) >= 11 is 0. The first kappa shape index (κ1) is 32.1. The summed E-state index contributed by atoms with van der Waals surface area (Å²) < 4.78 is 31.6. The van der Waals surface area contributed by atoms with Crippen LogP contribution in [0.3, 0.4) is 0 Å². The van der Waals surface area contributed by atoms with Gasteiger partial charge in [-0.05, 0) is 92.0 Å². The number of hydrogen-bond donors (Lipinski definition) is 1. The lowest BCUT2D eigenvalue weighted by Gasteiger charge is -2.38. The highest BCUT2D eigenvalue weighted by Crippen LogP contribution is 2.42. The van der Waals surface area contributed by atoms with Crippen LogP contribution in [-0.4, -0.2) is 37.5 Å². The predicted octanol–water partition coefficient (Wildman–Crippen LogP) is 8.54. The molecular weight excluding hydrogens is 531 g/mol. The van der Waals surface area contributed by atoms with Crippen molar-refractivity contribution in [2.75, 3.05) is 26.4 Å². The van der Waals surface area contributed by atoms with Crippen LogP contribution in [0.15, 0.2) is 54.6 Å². The molecule has 0 radical (unpaired) electrons. The smallest absolute Gasteiger partial charge is 0.335 e. The molecule has 42 heavy (non-hydrogen) atoms. The summed E-state index contributed by atoms with van der Waals surface area (Å²) in [5.41, 5.74) is 1.25. The monoisotopic (exact) mass is 580 g/mol. The maximum atomic E-state index is 15.0. The number of ether oxygens (including phenoxy) is 3. The molecule has 0 saturated heterocycles. The molecule has 0 spiro atoms. The Hall–Kier alpha value is -2.86. The normalized spacial score (nSPS) is 22.4. The van der Waals surface area contributed by atoms with E-state index in [0.717, 1.165) is 23.3 Å². The molecule has 2 aromatic carbocycles. The van der Waals surface area contributed by atoms with Gasteiger partial charge in [0.05, 0.1) is 18.8 Å². The van der Waals surface area contributed by atoms with Crippen molar-refractivity contribution in [1.29, 1.82) is 0 Å². The second-order valence-electron chi connectivity index (χ2n) is 12.3. The van der Waals surface area contributed by atoms with Crippen LogP contribution in [0.25, 0.3) is 11.1 Å². The summed E-state index contributed by atoms with van der Waals surface area (Å²) in [6.07, 6.45) is 16.4. The zero-order chi connectivity index (χ0) is 29.7. The highest BCUT2D eigenvalue weighted by molar-refractivity contribution is 5.87. The third-order valence-corrected chi connectivity index (χ3v) is 9.32. The van der Waals surface area contributed by atoms with E-state index >= 15 is 4.39 Å². The first-order valence-electron chi connectivity index (χ1n) is 16.1. The number of carbonyl (C=O) groups excluding carboxylic acids is 1. The van der Waals surface area contributed by atoms with Gasteiger partial charge in [-0.3, -0.25) is 0 Å². The van der Waals surface area contributed by atoms with Crippen LogP contribution in [0.4, 0.5) is 4.39 Å². The SMILES string of the molecule is C=C(CO)C(=O)OCCOc1ccc(-c2ccc(OCC3CCC(C4CCC(CCCCC)CC4)CC3)cc2F)cc1. The summed E-state index contributed by atoms with van der Waals surface area (Å²) in [7, 11) is 0. The van der Waals surface area contributed by atoms with Crippen molar-refractivity contribution in [3.63, 3.8) is 0 Å². The van der Waals surface area contributed by atoms with E-state index in [4.69, 9.17) is 19.3 Å². The van der Waals surface area contributed by atoms with Gasteiger partial charge in [0.25, 0.3) is 0 Å². The second kappa shape index (κ2) is 16.7. The van der Waals surface area contributed by atoms with Crippen LogP contribution in [0.2, 0.25) is 0 Å². The van der Waals surface area contributed by atoms with E-state index in [1.165, 1.54) is 83.1 Å². The van der Waals surface area contributed by atoms with Crippen LogP contribution in [0.5, 0.6) is 11.5 Å². The summed E-state index contributed by atoms with van der Waals surface area (Å²) in [5, 5.41) is 8.88. The van der Waals surface area contributed by atoms with Gasteiger partial charge in [-0.15, -0.1) is 0 Å². The van der Waals surface area contributed by atoms with Crippen molar-refractivity contribution in [2.24, 2.45) is 23.7 Å². The van der Waals surface area contributed by atoms with Gasteiger partial charge >= 0.3 is 5.97 Å². The first-order chi connectivity index (χ1) is 20.5. The highest BCUT2D eigenvalue weighted by atomic mass is 19.1. The van der Waals surface area contributed by atoms with Crippen LogP contribution in [0, 0.1) is 29.5 Å². The van der Waals surface area contributed by atoms with E-state index in [2.05, 4.69) is 13.5 Å². The van der Waals surface area contributed by atoms with Gasteiger partial charge in [-0.25, -0.2) is 9.18 Å². The van der Waals surface area contributed by atoms with Crippen molar-refractivity contribution in [2.45, 2.75) is 84.0 Å². The van der Waals surface area contributed by atoms with Crippen molar-refractivity contribution in [3.05, 3.63) is 60.4 Å². The van der Waals surface area contributed by atoms with Gasteiger partial charge in [0, 0.05) is 11.6 Å². The molecule has 1 N–H and O–H groups in total. The Morgan fingerprint density at radius 3 is 2.12 bits per heavy atom. The third-order valence-electron chi connectivity index (χ3n) is 9.32. The molecule has 0 heterocycles. The molecule has 5 nitrogen and oxygen atoms in total. The molecule has 2 saturated carbocycles. The Bertz CT molecular complexity index is 1110. The lowest BCUT2D eigenvalue weighted by molar-refractivity contribution is -0.140. The largest absolute Gasteiger partial charge is 0.493 e. The first-order valence-corrected chi connectivity index (χ1v) is 16.1. The average molecular weight is 581 g/mol. The van der Waals surface area contributed by atoms with Crippen molar-refractivity contribution in [1.82, 2.24) is 0 Å². The van der Waals surface area contributed by atoms with E-state index in [1.54, 1.807) is 30.3 Å². The van der Waals surface area contributed by atoms with E-state index in [1.807, 2.05) is 6.07 Å². The molecule has 2 aliphatic carbocycles. The van der Waals surface area contributed by atoms with Gasteiger partial charge < -0.3 is 19.3 Å². The molecule has 0 bridgehead atoms. The minimum absolute atomic E-state index is 0.000651. The quantitative estimate of drug-likeness (QED) is 0.130. The zero-order valence-corrected chi connectivity index (χ0v) is 25.3. The van der Waals surface area contributed by atoms with Crippen molar-refractivity contribution < 1.29 is 28.5 Å². The molecule has 0 aromatic heterocycles. The standard InChI is InChI=1S/C36H49FO5/c1-3-4-5-6-27-7-11-29(12-8-27)30-13-9-28(10-14-30)25-42-33-19-20-34(35(37)23-33)31-15-17-32(18-16-31)40-21-22-41-36(39)26(2)24-38/h15-20,23,27-30,38H,2-14,21-22,24-25H2,1H3. The number of hydrogen-bond acceptors (Lipinski definition) is 5. The van der Waals surface area contributed by atoms with Crippen LogP contribution in [0.1, 0.15) is 84.0 Å². The number of aliphatic hydroxyl groups excluding tert-OH is 1. The number of carbonyl (C=O) groups is 1. The van der Waals surface area contributed by atoms with E-state index in [0.29, 0.717) is 29.6 Å². The van der Waals surface area contributed by atoms with E-state index < -0.39 is 12.6 Å². The molecule has 6 heteroatoms. The van der Waals surface area contributed by atoms with Crippen LogP contribution < -0.4 is 9.47 Å². The second-order valence-corrected chi connectivity index (χ2v) is 12.3.